The summed E-state index contributed by atoms with van der Waals surface area (Å²) in [7, 11) is -7.06. The van der Waals surface area contributed by atoms with Crippen LogP contribution in [0.5, 0.6) is 5.75 Å². The first-order valence-corrected chi connectivity index (χ1v) is 12.3. The summed E-state index contributed by atoms with van der Waals surface area (Å²) in [5.41, 5.74) is 0.814. The summed E-state index contributed by atoms with van der Waals surface area (Å²) in [6.07, 6.45) is 3.35. The van der Waals surface area contributed by atoms with E-state index >= 15 is 0 Å². The van der Waals surface area contributed by atoms with E-state index in [1.54, 1.807) is 6.92 Å². The summed E-state index contributed by atoms with van der Waals surface area (Å²) in [5.74, 6) is 1.15. The van der Waals surface area contributed by atoms with Crippen molar-refractivity contribution in [3.63, 3.8) is 0 Å². The van der Waals surface area contributed by atoms with Gasteiger partial charge < -0.3 is 9.47 Å². The van der Waals surface area contributed by atoms with Crippen LogP contribution >= 0.6 is 0 Å². The van der Waals surface area contributed by atoms with Gasteiger partial charge in [0.05, 0.1) is 38.4 Å². The SMILES string of the molecule is C[C@@H](NS(=O)(=O)CCOCCOS(C)(=O)=O)c1cccc(OCC2CC2)c1. The number of ether oxygens (including phenoxy) is 2. The monoisotopic (exact) mass is 421 g/mol. The van der Waals surface area contributed by atoms with Gasteiger partial charge >= 0.3 is 0 Å². The normalized spacial score (nSPS) is 16.2. The summed E-state index contributed by atoms with van der Waals surface area (Å²) in [4.78, 5) is 0. The smallest absolute Gasteiger partial charge is 0.264 e. The van der Waals surface area contributed by atoms with Crippen LogP contribution in [0.4, 0.5) is 0 Å². The van der Waals surface area contributed by atoms with E-state index in [9.17, 15) is 16.8 Å². The van der Waals surface area contributed by atoms with E-state index in [4.69, 9.17) is 9.47 Å². The van der Waals surface area contributed by atoms with Gasteiger partial charge in [-0.25, -0.2) is 13.1 Å². The van der Waals surface area contributed by atoms with Gasteiger partial charge in [-0.1, -0.05) is 12.1 Å². The Kier molecular flexibility index (Phi) is 8.04. The fraction of sp³-hybridized carbons (Fsp3) is 0.647. The van der Waals surface area contributed by atoms with Crippen LogP contribution in [-0.2, 0) is 29.1 Å². The van der Waals surface area contributed by atoms with Crippen molar-refractivity contribution in [3.8, 4) is 5.75 Å². The van der Waals surface area contributed by atoms with Crippen LogP contribution < -0.4 is 9.46 Å². The van der Waals surface area contributed by atoms with Gasteiger partial charge in [-0.2, -0.15) is 8.42 Å². The van der Waals surface area contributed by atoms with Gasteiger partial charge in [-0.05, 0) is 43.4 Å². The Morgan fingerprint density at radius 2 is 1.89 bits per heavy atom. The first kappa shape index (κ1) is 22.1. The average Bonchev–Trinajstić information content (AvgIpc) is 3.39. The second-order valence-corrected chi connectivity index (χ2v) is 10.1. The lowest BCUT2D eigenvalue weighted by atomic mass is 10.1. The maximum Gasteiger partial charge on any atom is 0.264 e. The number of sulfonamides is 1. The molecule has 1 N–H and O–H groups in total. The van der Waals surface area contributed by atoms with E-state index in [1.807, 2.05) is 24.3 Å². The molecule has 0 heterocycles. The molecule has 10 heteroatoms. The molecule has 0 amide bonds. The van der Waals surface area contributed by atoms with Crippen LogP contribution in [0.3, 0.4) is 0 Å². The number of nitrogens with one attached hydrogen (secondary N) is 1. The Morgan fingerprint density at radius 3 is 2.56 bits per heavy atom. The van der Waals surface area contributed by atoms with Crippen molar-refractivity contribution in [2.24, 2.45) is 5.92 Å². The molecule has 0 aliphatic heterocycles. The minimum Gasteiger partial charge on any atom is -0.493 e. The zero-order valence-electron chi connectivity index (χ0n) is 15.6. The van der Waals surface area contributed by atoms with Gasteiger partial charge in [0.2, 0.25) is 10.0 Å². The summed E-state index contributed by atoms with van der Waals surface area (Å²) in [6, 6.07) is 6.98. The lowest BCUT2D eigenvalue weighted by Gasteiger charge is -2.16. The molecule has 1 aromatic carbocycles. The molecule has 0 saturated heterocycles. The minimum atomic E-state index is -3.55. The average molecular weight is 422 g/mol. The van der Waals surface area contributed by atoms with Gasteiger partial charge in [-0.3, -0.25) is 4.18 Å². The highest BCUT2D eigenvalue weighted by atomic mass is 32.2. The Hall–Kier alpha value is -1.20. The van der Waals surface area contributed by atoms with Crippen molar-refractivity contribution in [3.05, 3.63) is 29.8 Å². The van der Waals surface area contributed by atoms with E-state index in [0.29, 0.717) is 12.5 Å². The third-order valence-corrected chi connectivity index (χ3v) is 5.93. The Morgan fingerprint density at radius 1 is 1.15 bits per heavy atom. The zero-order chi connectivity index (χ0) is 19.9. The summed E-state index contributed by atoms with van der Waals surface area (Å²) >= 11 is 0. The lowest BCUT2D eigenvalue weighted by molar-refractivity contribution is 0.113. The molecule has 27 heavy (non-hydrogen) atoms. The Balaban J connectivity index is 1.74. The van der Waals surface area contributed by atoms with Crippen molar-refractivity contribution in [2.45, 2.75) is 25.8 Å². The minimum absolute atomic E-state index is 0.00147. The first-order valence-electron chi connectivity index (χ1n) is 8.79. The Bertz CT molecular complexity index is 804. The fourth-order valence-corrected chi connectivity index (χ4v) is 3.78. The molecule has 0 bridgehead atoms. The molecule has 1 fully saturated rings. The molecule has 1 aliphatic rings. The van der Waals surface area contributed by atoms with Crippen LogP contribution in [0, 0.1) is 5.92 Å². The van der Waals surface area contributed by atoms with Crippen LogP contribution in [0.25, 0.3) is 0 Å². The molecule has 1 aliphatic carbocycles. The highest BCUT2D eigenvalue weighted by Gasteiger charge is 2.22. The topological polar surface area (TPSA) is 108 Å². The standard InChI is InChI=1S/C17H27NO7S2/c1-14(16-4-3-5-17(12-16)24-13-15-6-7-15)18-27(21,22)11-10-23-8-9-25-26(2,19)20/h3-5,12,14-15,18H,6-11,13H2,1-2H3/t14-/m1/s1. The van der Waals surface area contributed by atoms with Gasteiger partial charge in [-0.15, -0.1) is 0 Å². The van der Waals surface area contributed by atoms with E-state index in [1.165, 1.54) is 12.8 Å². The molecule has 0 aromatic heterocycles. The number of hydrogen-bond acceptors (Lipinski definition) is 7. The van der Waals surface area contributed by atoms with E-state index in [0.717, 1.165) is 17.6 Å². The molecule has 0 radical (unpaired) electrons. The van der Waals surface area contributed by atoms with Gasteiger partial charge in [0.25, 0.3) is 10.1 Å². The van der Waals surface area contributed by atoms with Crippen LogP contribution in [0.15, 0.2) is 24.3 Å². The maximum atomic E-state index is 12.2. The molecule has 8 nitrogen and oxygen atoms in total. The van der Waals surface area contributed by atoms with E-state index in [2.05, 4.69) is 8.91 Å². The van der Waals surface area contributed by atoms with Crippen molar-refractivity contribution in [2.75, 3.05) is 38.4 Å². The van der Waals surface area contributed by atoms with Crippen LogP contribution in [0.1, 0.15) is 31.4 Å². The molecule has 1 aromatic rings. The van der Waals surface area contributed by atoms with Crippen LogP contribution in [-0.4, -0.2) is 55.3 Å². The molecule has 1 atom stereocenters. The van der Waals surface area contributed by atoms with E-state index < -0.39 is 26.2 Å². The molecule has 1 saturated carbocycles. The van der Waals surface area contributed by atoms with Crippen molar-refractivity contribution < 1.29 is 30.5 Å². The van der Waals surface area contributed by atoms with Crippen molar-refractivity contribution in [1.29, 1.82) is 0 Å². The fourth-order valence-electron chi connectivity index (χ4n) is 2.28. The van der Waals surface area contributed by atoms with E-state index in [-0.39, 0.29) is 25.6 Å². The lowest BCUT2D eigenvalue weighted by Crippen LogP contribution is -2.31. The number of hydrogen-bond donors (Lipinski definition) is 1. The highest BCUT2D eigenvalue weighted by molar-refractivity contribution is 7.89. The predicted octanol–water partition coefficient (Wildman–Crippen LogP) is 1.45. The molecule has 154 valence electrons. The quantitative estimate of drug-likeness (QED) is 0.379. The number of rotatable bonds is 13. The largest absolute Gasteiger partial charge is 0.493 e. The second-order valence-electron chi connectivity index (χ2n) is 6.62. The van der Waals surface area contributed by atoms with Crippen molar-refractivity contribution in [1.82, 2.24) is 4.72 Å². The predicted molar refractivity (Wildman–Crippen MR) is 102 cm³/mol. The third kappa shape index (κ3) is 9.52. The summed E-state index contributed by atoms with van der Waals surface area (Å²) in [6.45, 7) is 2.26. The molecule has 0 unspecified atom stereocenters. The maximum absolute atomic E-state index is 12.2. The highest BCUT2D eigenvalue weighted by Crippen LogP contribution is 2.30. The summed E-state index contributed by atoms with van der Waals surface area (Å²) < 4.78 is 63.8. The molecule has 2 rings (SSSR count). The van der Waals surface area contributed by atoms with Gasteiger partial charge in [0.15, 0.2) is 0 Å². The zero-order valence-corrected chi connectivity index (χ0v) is 17.2. The van der Waals surface area contributed by atoms with Crippen molar-refractivity contribution >= 4 is 20.1 Å². The molecular weight excluding hydrogens is 394 g/mol. The summed E-state index contributed by atoms with van der Waals surface area (Å²) in [5, 5.41) is 0. The second kappa shape index (κ2) is 9.83. The Labute approximate surface area is 161 Å². The number of benzene rings is 1. The molecular formula is C17H27NO7S2. The van der Waals surface area contributed by atoms with Crippen LogP contribution in [0.2, 0.25) is 0 Å². The third-order valence-electron chi connectivity index (χ3n) is 3.92. The van der Waals surface area contributed by atoms with Gasteiger partial charge in [0.1, 0.15) is 5.75 Å². The van der Waals surface area contributed by atoms with Gasteiger partial charge in [0, 0.05) is 6.04 Å². The first-order chi connectivity index (χ1) is 12.6. The molecule has 0 spiro atoms.